The molecule has 0 saturated heterocycles. The van der Waals surface area contributed by atoms with E-state index in [4.69, 9.17) is 4.74 Å². The minimum absolute atomic E-state index is 0.0758. The summed E-state index contributed by atoms with van der Waals surface area (Å²) in [5.74, 6) is -0.0854. The number of unbranched alkanes of at least 4 members (excludes halogenated alkanes) is 1. The van der Waals surface area contributed by atoms with Gasteiger partial charge in [-0.15, -0.1) is 6.58 Å². The van der Waals surface area contributed by atoms with Crippen LogP contribution in [0.25, 0.3) is 11.2 Å². The summed E-state index contributed by atoms with van der Waals surface area (Å²) in [5.41, 5.74) is 0.704. The molecule has 0 aliphatic carbocycles. The van der Waals surface area contributed by atoms with Gasteiger partial charge in [-0.05, 0) is 18.4 Å². The summed E-state index contributed by atoms with van der Waals surface area (Å²) in [5, 5.41) is 0. The number of imidazole rings is 1. The van der Waals surface area contributed by atoms with Crippen LogP contribution in [0, 0.1) is 0 Å². The average molecular weight is 439 g/mol. The van der Waals surface area contributed by atoms with Crippen LogP contribution in [0.1, 0.15) is 56.8 Å². The average Bonchev–Trinajstić information content (AvgIpc) is 3.15. The van der Waals surface area contributed by atoms with E-state index < -0.39 is 11.2 Å². The van der Waals surface area contributed by atoms with Gasteiger partial charge in [0.05, 0.1) is 6.42 Å². The van der Waals surface area contributed by atoms with Crippen LogP contribution in [0.4, 0.5) is 0 Å². The molecule has 3 rings (SSSR count). The molecule has 0 aliphatic heterocycles. The Kier molecular flexibility index (Phi) is 7.81. The number of fused-ring (bicyclic) bond motifs is 1. The van der Waals surface area contributed by atoms with Crippen molar-refractivity contribution in [2.45, 2.75) is 65.1 Å². The van der Waals surface area contributed by atoms with Crippen molar-refractivity contribution in [3.63, 3.8) is 0 Å². The van der Waals surface area contributed by atoms with Crippen molar-refractivity contribution in [3.8, 4) is 0 Å². The first-order valence-electron chi connectivity index (χ1n) is 11.0. The largest absolute Gasteiger partial charge is 0.457 e. The molecule has 1 atom stereocenters. The van der Waals surface area contributed by atoms with Crippen molar-refractivity contribution in [2.75, 3.05) is 0 Å². The molecule has 1 N–H and O–H groups in total. The quantitative estimate of drug-likeness (QED) is 0.365. The molecule has 2 heterocycles. The van der Waals surface area contributed by atoms with Gasteiger partial charge in [-0.1, -0.05) is 56.7 Å². The first-order chi connectivity index (χ1) is 15.5. The lowest BCUT2D eigenvalue weighted by Gasteiger charge is -2.13. The Morgan fingerprint density at radius 2 is 1.91 bits per heavy atom. The number of aromatic amines is 1. The van der Waals surface area contributed by atoms with Gasteiger partial charge in [0.25, 0.3) is 5.56 Å². The number of aromatic nitrogens is 4. The second kappa shape index (κ2) is 10.7. The van der Waals surface area contributed by atoms with E-state index in [1.807, 2.05) is 44.2 Å². The van der Waals surface area contributed by atoms with Crippen molar-refractivity contribution < 1.29 is 9.53 Å². The second-order valence-corrected chi connectivity index (χ2v) is 7.73. The Labute approximate surface area is 186 Å². The molecule has 0 fully saturated rings. The third-order valence-corrected chi connectivity index (χ3v) is 5.41. The lowest BCUT2D eigenvalue weighted by atomic mass is 9.96. The first kappa shape index (κ1) is 23.2. The predicted molar refractivity (Wildman–Crippen MR) is 124 cm³/mol. The summed E-state index contributed by atoms with van der Waals surface area (Å²) in [4.78, 5) is 44.4. The number of aryl methyl sites for hydroxylation is 2. The van der Waals surface area contributed by atoms with Crippen molar-refractivity contribution in [3.05, 3.63) is 75.2 Å². The smallest absolute Gasteiger partial charge is 0.330 e. The van der Waals surface area contributed by atoms with Crippen LogP contribution < -0.4 is 11.2 Å². The predicted octanol–water partition coefficient (Wildman–Crippen LogP) is 3.50. The Hall–Kier alpha value is -3.42. The zero-order valence-corrected chi connectivity index (χ0v) is 18.7. The van der Waals surface area contributed by atoms with Gasteiger partial charge in [-0.2, -0.15) is 0 Å². The van der Waals surface area contributed by atoms with Gasteiger partial charge in [-0.3, -0.25) is 19.1 Å². The molecular formula is C24H30N4O4. The van der Waals surface area contributed by atoms with Crippen LogP contribution in [-0.2, 0) is 29.2 Å². The fourth-order valence-corrected chi connectivity index (χ4v) is 3.74. The molecule has 0 radical (unpaired) electrons. The van der Waals surface area contributed by atoms with Gasteiger partial charge in [0.1, 0.15) is 12.4 Å². The number of H-pyrrole nitrogens is 1. The normalized spacial score (nSPS) is 12.1. The van der Waals surface area contributed by atoms with E-state index in [9.17, 15) is 14.4 Å². The van der Waals surface area contributed by atoms with Crippen LogP contribution in [0.15, 0.2) is 52.6 Å². The zero-order chi connectivity index (χ0) is 23.1. The number of ether oxygens (including phenoxy) is 1. The van der Waals surface area contributed by atoms with Gasteiger partial charge >= 0.3 is 11.7 Å². The van der Waals surface area contributed by atoms with Crippen LogP contribution >= 0.6 is 0 Å². The maximum Gasteiger partial charge on any atom is 0.330 e. The van der Waals surface area contributed by atoms with Crippen molar-refractivity contribution in [2.24, 2.45) is 0 Å². The number of carbonyl (C=O) groups excluding carboxylic acids is 1. The molecule has 1 unspecified atom stereocenters. The molecule has 3 aromatic rings. The number of allylic oxidation sites excluding steroid dienone is 1. The minimum Gasteiger partial charge on any atom is -0.457 e. The topological polar surface area (TPSA) is 99.0 Å². The highest BCUT2D eigenvalue weighted by atomic mass is 16.5. The highest BCUT2D eigenvalue weighted by Crippen LogP contribution is 2.21. The molecule has 0 saturated carbocycles. The number of rotatable bonds is 11. The molecule has 0 bridgehead atoms. The fourth-order valence-electron chi connectivity index (χ4n) is 3.74. The summed E-state index contributed by atoms with van der Waals surface area (Å²) in [6.07, 6.45) is 4.33. The lowest BCUT2D eigenvalue weighted by molar-refractivity contribution is -0.145. The Morgan fingerprint density at radius 1 is 1.16 bits per heavy atom. The van der Waals surface area contributed by atoms with Gasteiger partial charge in [0.15, 0.2) is 11.2 Å². The molecular weight excluding hydrogens is 408 g/mol. The molecule has 0 amide bonds. The highest BCUT2D eigenvalue weighted by molar-refractivity contribution is 5.72. The highest BCUT2D eigenvalue weighted by Gasteiger charge is 2.20. The zero-order valence-electron chi connectivity index (χ0n) is 18.7. The van der Waals surface area contributed by atoms with E-state index in [0.29, 0.717) is 30.1 Å². The summed E-state index contributed by atoms with van der Waals surface area (Å²) < 4.78 is 8.75. The van der Waals surface area contributed by atoms with Crippen LogP contribution in [0.5, 0.6) is 0 Å². The Balaban J connectivity index is 1.86. The first-order valence-corrected chi connectivity index (χ1v) is 11.0. The maximum absolute atomic E-state index is 12.6. The van der Waals surface area contributed by atoms with Gasteiger partial charge in [0, 0.05) is 19.0 Å². The van der Waals surface area contributed by atoms with Gasteiger partial charge < -0.3 is 9.30 Å². The summed E-state index contributed by atoms with van der Waals surface area (Å²) in [6, 6.07) is 9.64. The van der Waals surface area contributed by atoms with E-state index in [1.165, 1.54) is 4.57 Å². The molecule has 0 aliphatic rings. The molecule has 170 valence electrons. The number of esters is 1. The van der Waals surface area contributed by atoms with E-state index in [1.54, 1.807) is 10.6 Å². The summed E-state index contributed by atoms with van der Waals surface area (Å²) in [6.45, 7) is 8.76. The number of hydrogen-bond donors (Lipinski definition) is 1. The number of carbonyl (C=O) groups is 1. The van der Waals surface area contributed by atoms with Gasteiger partial charge in [0.2, 0.25) is 0 Å². The van der Waals surface area contributed by atoms with E-state index in [0.717, 1.165) is 24.8 Å². The minimum atomic E-state index is -0.480. The standard InChI is InChI=1S/C24H30N4O4/c1-4-7-14-28-22-21(23(30)26-24(28)31)27(13-5-2)19(25-22)16-32-20(29)15-17(6-3)18-11-9-8-10-12-18/h6,8-12,17H,3-5,7,13-16H2,1-2H3,(H,26,30,31). The third kappa shape index (κ3) is 5.07. The lowest BCUT2D eigenvalue weighted by Crippen LogP contribution is -2.31. The fraction of sp³-hybridized carbons (Fsp3) is 0.417. The SMILES string of the molecule is C=CC(CC(=O)OCc1nc2c(c(=O)[nH]c(=O)n2CCCC)n1CCC)c1ccccc1. The third-order valence-electron chi connectivity index (χ3n) is 5.41. The van der Waals surface area contributed by atoms with Crippen LogP contribution in [0.2, 0.25) is 0 Å². The maximum atomic E-state index is 12.6. The van der Waals surface area contributed by atoms with E-state index >= 15 is 0 Å². The van der Waals surface area contributed by atoms with Crippen molar-refractivity contribution in [1.82, 2.24) is 19.1 Å². The van der Waals surface area contributed by atoms with E-state index in [-0.39, 0.29) is 24.9 Å². The molecule has 0 spiro atoms. The molecule has 8 nitrogen and oxygen atoms in total. The molecule has 2 aromatic heterocycles. The number of nitrogens with one attached hydrogen (secondary N) is 1. The Morgan fingerprint density at radius 3 is 2.56 bits per heavy atom. The summed E-state index contributed by atoms with van der Waals surface area (Å²) in [7, 11) is 0. The van der Waals surface area contributed by atoms with Gasteiger partial charge in [-0.25, -0.2) is 9.78 Å². The van der Waals surface area contributed by atoms with Crippen molar-refractivity contribution in [1.29, 1.82) is 0 Å². The molecule has 1 aromatic carbocycles. The van der Waals surface area contributed by atoms with Crippen molar-refractivity contribution >= 4 is 17.1 Å². The van der Waals surface area contributed by atoms with Crippen LogP contribution in [-0.4, -0.2) is 25.1 Å². The number of nitrogens with zero attached hydrogens (tertiary/aromatic N) is 3. The molecule has 8 heteroatoms. The molecule has 32 heavy (non-hydrogen) atoms. The van der Waals surface area contributed by atoms with E-state index in [2.05, 4.69) is 16.5 Å². The second-order valence-electron chi connectivity index (χ2n) is 7.73. The Bertz CT molecular complexity index is 1190. The summed E-state index contributed by atoms with van der Waals surface area (Å²) >= 11 is 0. The number of benzene rings is 1. The monoisotopic (exact) mass is 438 g/mol. The van der Waals surface area contributed by atoms with Crippen LogP contribution in [0.3, 0.4) is 0 Å². The number of hydrogen-bond acceptors (Lipinski definition) is 5.